The monoisotopic (exact) mass is 428 g/mol. The van der Waals surface area contributed by atoms with Crippen LogP contribution >= 0.6 is 0 Å². The first-order valence-electron chi connectivity index (χ1n) is 11.5. The Kier molecular flexibility index (Phi) is 5.16. The molecule has 32 heavy (non-hydrogen) atoms. The predicted molar refractivity (Wildman–Crippen MR) is 130 cm³/mol. The number of anilines is 1. The van der Waals surface area contributed by atoms with Gasteiger partial charge in [0.2, 0.25) is 0 Å². The smallest absolute Gasteiger partial charge is 0.106 e. The summed E-state index contributed by atoms with van der Waals surface area (Å²) in [5, 5.41) is 3.53. The van der Waals surface area contributed by atoms with Crippen molar-refractivity contribution in [1.29, 1.82) is 0 Å². The van der Waals surface area contributed by atoms with Crippen molar-refractivity contribution in [2.24, 2.45) is 13.0 Å². The topological polar surface area (TPSA) is 50.9 Å². The molecule has 0 spiro atoms. The lowest BCUT2D eigenvalue weighted by molar-refractivity contribution is 0.521. The largest absolute Gasteiger partial charge is 0.384 e. The molecule has 5 rings (SSSR count). The van der Waals surface area contributed by atoms with Gasteiger partial charge in [-0.1, -0.05) is 32.1 Å². The first-order valence-corrected chi connectivity index (χ1v) is 11.5. The minimum absolute atomic E-state index is 0.287. The summed E-state index contributed by atoms with van der Waals surface area (Å²) in [5.74, 6) is 2.62. The van der Waals surface area contributed by atoms with Crippen molar-refractivity contribution >= 4 is 11.3 Å². The molecule has 1 aromatic carbocycles. The van der Waals surface area contributed by atoms with Crippen molar-refractivity contribution < 1.29 is 0 Å². The molecule has 0 amide bonds. The number of hydrogen-bond acceptors (Lipinski definition) is 4. The minimum atomic E-state index is 0.287. The van der Waals surface area contributed by atoms with E-state index in [0.29, 0.717) is 5.92 Å². The van der Waals surface area contributed by atoms with E-state index in [-0.39, 0.29) is 6.04 Å². The lowest BCUT2D eigenvalue weighted by Gasteiger charge is -2.32. The molecule has 0 aliphatic carbocycles. The van der Waals surface area contributed by atoms with Crippen LogP contribution in [-0.4, -0.2) is 31.7 Å². The zero-order valence-electron chi connectivity index (χ0n) is 19.6. The molecular weight excluding hydrogens is 396 g/mol. The van der Waals surface area contributed by atoms with Gasteiger partial charge in [-0.15, -0.1) is 0 Å². The van der Waals surface area contributed by atoms with E-state index in [4.69, 9.17) is 4.98 Å². The zero-order valence-corrected chi connectivity index (χ0v) is 19.6. The summed E-state index contributed by atoms with van der Waals surface area (Å²) < 4.78 is 4.46. The maximum Gasteiger partial charge on any atom is 0.106 e. The number of benzene rings is 1. The summed E-state index contributed by atoms with van der Waals surface area (Å²) in [5.41, 5.74) is 7.17. The molecule has 2 aromatic heterocycles. The molecular formula is C26H32N6. The molecule has 2 aliphatic heterocycles. The van der Waals surface area contributed by atoms with E-state index in [0.717, 1.165) is 48.2 Å². The van der Waals surface area contributed by atoms with Crippen molar-refractivity contribution in [2.45, 2.75) is 46.8 Å². The summed E-state index contributed by atoms with van der Waals surface area (Å²) in [6, 6.07) is 9.10. The Balaban J connectivity index is 1.43. The van der Waals surface area contributed by atoms with Crippen LogP contribution in [-0.2, 0) is 20.1 Å². The van der Waals surface area contributed by atoms with Crippen LogP contribution in [0.2, 0.25) is 0 Å². The highest BCUT2D eigenvalue weighted by atomic mass is 15.2. The second-order valence-electron chi connectivity index (χ2n) is 9.23. The average Bonchev–Trinajstić information content (AvgIpc) is 3.32. The Labute approximate surface area is 190 Å². The normalized spacial score (nSPS) is 18.0. The van der Waals surface area contributed by atoms with E-state index in [9.17, 15) is 0 Å². The fourth-order valence-electron chi connectivity index (χ4n) is 4.82. The summed E-state index contributed by atoms with van der Waals surface area (Å²) in [7, 11) is 2.04. The van der Waals surface area contributed by atoms with E-state index in [2.05, 4.69) is 87.7 Å². The van der Waals surface area contributed by atoms with Crippen LogP contribution in [0.3, 0.4) is 0 Å². The fraction of sp³-hybridized carbons (Fsp3) is 0.385. The Morgan fingerprint density at radius 2 is 1.81 bits per heavy atom. The number of allylic oxidation sites excluding steroid dienone is 2. The van der Waals surface area contributed by atoms with Crippen LogP contribution in [0.4, 0.5) is 5.69 Å². The number of aromatic nitrogens is 4. The molecule has 4 heterocycles. The van der Waals surface area contributed by atoms with Crippen LogP contribution in [0.15, 0.2) is 48.8 Å². The summed E-state index contributed by atoms with van der Waals surface area (Å²) >= 11 is 0. The van der Waals surface area contributed by atoms with Gasteiger partial charge in [-0.3, -0.25) is 0 Å². The van der Waals surface area contributed by atoms with Crippen molar-refractivity contribution in [1.82, 2.24) is 24.4 Å². The van der Waals surface area contributed by atoms with Crippen LogP contribution < -0.4 is 10.2 Å². The quantitative estimate of drug-likeness (QED) is 0.667. The van der Waals surface area contributed by atoms with Gasteiger partial charge in [-0.25, -0.2) is 9.97 Å². The molecule has 3 aromatic rings. The number of nitrogens with zero attached hydrogens (tertiary/aromatic N) is 5. The molecule has 1 unspecified atom stereocenters. The van der Waals surface area contributed by atoms with Crippen molar-refractivity contribution in [3.8, 4) is 11.3 Å². The Morgan fingerprint density at radius 3 is 2.50 bits per heavy atom. The molecule has 6 heteroatoms. The van der Waals surface area contributed by atoms with Gasteiger partial charge in [-0.05, 0) is 44.2 Å². The van der Waals surface area contributed by atoms with Crippen LogP contribution in [0, 0.1) is 19.8 Å². The number of dihydropyridines is 1. The van der Waals surface area contributed by atoms with Crippen LogP contribution in [0.1, 0.15) is 36.9 Å². The number of aryl methyl sites for hydroxylation is 3. The molecule has 0 saturated heterocycles. The van der Waals surface area contributed by atoms with Crippen molar-refractivity contribution in [3.63, 3.8) is 0 Å². The van der Waals surface area contributed by atoms with Gasteiger partial charge in [-0.2, -0.15) is 0 Å². The Hall–Kier alpha value is -3.28. The molecule has 2 aliphatic rings. The Morgan fingerprint density at radius 1 is 1.03 bits per heavy atom. The molecule has 0 bridgehead atoms. The van der Waals surface area contributed by atoms with Gasteiger partial charge in [0.05, 0.1) is 29.7 Å². The molecule has 166 valence electrons. The zero-order chi connectivity index (χ0) is 22.4. The van der Waals surface area contributed by atoms with Gasteiger partial charge in [0.25, 0.3) is 0 Å². The third-order valence-corrected chi connectivity index (χ3v) is 6.76. The maximum atomic E-state index is 5.02. The average molecular weight is 429 g/mol. The van der Waals surface area contributed by atoms with Gasteiger partial charge in [0, 0.05) is 43.2 Å². The summed E-state index contributed by atoms with van der Waals surface area (Å²) in [6.07, 6.45) is 8.45. The number of rotatable bonds is 4. The van der Waals surface area contributed by atoms with Crippen molar-refractivity contribution in [3.05, 3.63) is 71.9 Å². The van der Waals surface area contributed by atoms with E-state index in [1.165, 1.54) is 17.0 Å². The first kappa shape index (κ1) is 20.6. The fourth-order valence-corrected chi connectivity index (χ4v) is 4.82. The highest BCUT2D eigenvalue weighted by Crippen LogP contribution is 2.32. The SMILES string of the molecule is Cc1nc(-c2ccc(N3CCn4c(C)nc(C5=CC=CNC5C(C)C)c4C3)cc2)cn1C. The highest BCUT2D eigenvalue weighted by molar-refractivity contribution is 5.72. The number of fused-ring (bicyclic) bond motifs is 1. The van der Waals surface area contributed by atoms with Gasteiger partial charge < -0.3 is 19.4 Å². The van der Waals surface area contributed by atoms with Gasteiger partial charge in [0.15, 0.2) is 0 Å². The third kappa shape index (κ3) is 3.53. The van der Waals surface area contributed by atoms with E-state index >= 15 is 0 Å². The lowest BCUT2D eigenvalue weighted by Crippen LogP contribution is -2.36. The molecule has 1 atom stereocenters. The van der Waals surface area contributed by atoms with Crippen LogP contribution in [0.25, 0.3) is 16.8 Å². The standard InChI is InChI=1S/C26H32N6/c1-17(2)25-22(7-6-12-27-25)26-24-16-31(13-14-32(24)19(4)29-26)21-10-8-20(9-11-21)23-15-30(5)18(3)28-23/h6-12,15,17,25,27H,13-14,16H2,1-5H3. The van der Waals surface area contributed by atoms with E-state index in [1.54, 1.807) is 0 Å². The summed E-state index contributed by atoms with van der Waals surface area (Å²) in [6.45, 7) is 11.5. The first-order chi connectivity index (χ1) is 15.4. The molecule has 1 N–H and O–H groups in total. The predicted octanol–water partition coefficient (Wildman–Crippen LogP) is 4.45. The lowest BCUT2D eigenvalue weighted by atomic mass is 9.91. The second kappa shape index (κ2) is 8.01. The molecule has 0 radical (unpaired) electrons. The number of nitrogens with one attached hydrogen (secondary N) is 1. The molecule has 0 saturated carbocycles. The Bertz CT molecular complexity index is 1170. The maximum absolute atomic E-state index is 5.02. The highest BCUT2D eigenvalue weighted by Gasteiger charge is 2.29. The number of hydrogen-bond donors (Lipinski definition) is 1. The second-order valence-corrected chi connectivity index (χ2v) is 9.23. The third-order valence-electron chi connectivity index (χ3n) is 6.76. The number of imidazole rings is 2. The van der Waals surface area contributed by atoms with Gasteiger partial charge in [0.1, 0.15) is 11.6 Å². The summed E-state index contributed by atoms with van der Waals surface area (Å²) in [4.78, 5) is 12.1. The molecule has 6 nitrogen and oxygen atoms in total. The van der Waals surface area contributed by atoms with Crippen molar-refractivity contribution in [2.75, 3.05) is 11.4 Å². The van der Waals surface area contributed by atoms with Gasteiger partial charge >= 0.3 is 0 Å². The van der Waals surface area contributed by atoms with Crippen LogP contribution in [0.5, 0.6) is 0 Å². The molecule has 0 fully saturated rings. The van der Waals surface area contributed by atoms with E-state index < -0.39 is 0 Å². The minimum Gasteiger partial charge on any atom is -0.384 e. The van der Waals surface area contributed by atoms with E-state index in [1.807, 2.05) is 20.2 Å².